The van der Waals surface area contributed by atoms with Crippen LogP contribution in [0.3, 0.4) is 0 Å². The zero-order valence-electron chi connectivity index (χ0n) is 17.6. The predicted octanol–water partition coefficient (Wildman–Crippen LogP) is 5.08. The molecule has 0 aliphatic carbocycles. The second-order valence-corrected chi connectivity index (χ2v) is 9.48. The molecule has 0 bridgehead atoms. The SMILES string of the molecule is CCC(C(=O)Nc1ccc2c(c1)oc1ccccc12)N(c1ccc(C)cc1)S(C)(=O)=O. The van der Waals surface area contributed by atoms with Crippen LogP contribution in [0.25, 0.3) is 21.9 Å². The maximum Gasteiger partial charge on any atom is 0.248 e. The first-order valence-corrected chi connectivity index (χ1v) is 11.9. The number of nitrogens with one attached hydrogen (secondary N) is 1. The minimum Gasteiger partial charge on any atom is -0.456 e. The van der Waals surface area contributed by atoms with E-state index in [4.69, 9.17) is 4.42 Å². The molecule has 0 radical (unpaired) electrons. The van der Waals surface area contributed by atoms with Crippen LogP contribution >= 0.6 is 0 Å². The second-order valence-electron chi connectivity index (χ2n) is 7.62. The summed E-state index contributed by atoms with van der Waals surface area (Å²) < 4.78 is 32.2. The molecule has 31 heavy (non-hydrogen) atoms. The molecule has 0 aliphatic rings. The van der Waals surface area contributed by atoms with Crippen molar-refractivity contribution in [1.82, 2.24) is 0 Å². The normalized spacial score (nSPS) is 12.7. The quantitative estimate of drug-likeness (QED) is 0.457. The molecular weight excluding hydrogens is 412 g/mol. The summed E-state index contributed by atoms with van der Waals surface area (Å²) in [6.45, 7) is 3.71. The highest BCUT2D eigenvalue weighted by Gasteiger charge is 2.31. The lowest BCUT2D eigenvalue weighted by Crippen LogP contribution is -2.47. The summed E-state index contributed by atoms with van der Waals surface area (Å²) in [7, 11) is -3.68. The summed E-state index contributed by atoms with van der Waals surface area (Å²) >= 11 is 0. The third-order valence-electron chi connectivity index (χ3n) is 5.26. The highest BCUT2D eigenvalue weighted by molar-refractivity contribution is 7.92. The Kier molecular flexibility index (Phi) is 5.45. The molecule has 7 heteroatoms. The maximum atomic E-state index is 13.1. The molecule has 1 N–H and O–H groups in total. The fraction of sp³-hybridized carbons (Fsp3) is 0.208. The molecule has 1 atom stereocenters. The van der Waals surface area contributed by atoms with Gasteiger partial charge in [0.2, 0.25) is 15.9 Å². The van der Waals surface area contributed by atoms with Crippen molar-refractivity contribution >= 4 is 49.2 Å². The van der Waals surface area contributed by atoms with E-state index in [0.29, 0.717) is 23.4 Å². The van der Waals surface area contributed by atoms with E-state index < -0.39 is 22.0 Å². The van der Waals surface area contributed by atoms with Gasteiger partial charge in [-0.15, -0.1) is 0 Å². The van der Waals surface area contributed by atoms with Crippen LogP contribution in [0.1, 0.15) is 18.9 Å². The first-order valence-electron chi connectivity index (χ1n) is 10.1. The molecule has 0 saturated carbocycles. The van der Waals surface area contributed by atoms with Gasteiger partial charge in [-0.1, -0.05) is 42.8 Å². The van der Waals surface area contributed by atoms with Crippen molar-refractivity contribution in [3.05, 3.63) is 72.3 Å². The summed E-state index contributed by atoms with van der Waals surface area (Å²) in [5, 5.41) is 4.82. The van der Waals surface area contributed by atoms with E-state index in [-0.39, 0.29) is 0 Å². The average molecular weight is 437 g/mol. The average Bonchev–Trinajstić information content (AvgIpc) is 3.09. The van der Waals surface area contributed by atoms with Crippen LogP contribution in [0.4, 0.5) is 11.4 Å². The lowest BCUT2D eigenvalue weighted by atomic mass is 10.1. The Morgan fingerprint density at radius 3 is 2.35 bits per heavy atom. The number of amides is 1. The number of rotatable bonds is 6. The first-order chi connectivity index (χ1) is 14.8. The van der Waals surface area contributed by atoms with Crippen LogP contribution in [0.15, 0.2) is 71.1 Å². The Morgan fingerprint density at radius 2 is 1.68 bits per heavy atom. The zero-order chi connectivity index (χ0) is 22.2. The third-order valence-corrected chi connectivity index (χ3v) is 6.44. The van der Waals surface area contributed by atoms with Crippen molar-refractivity contribution in [2.24, 2.45) is 0 Å². The van der Waals surface area contributed by atoms with Crippen molar-refractivity contribution in [3.8, 4) is 0 Å². The number of para-hydroxylation sites is 1. The Labute approximate surface area is 181 Å². The number of carbonyl (C=O) groups excluding carboxylic acids is 1. The maximum absolute atomic E-state index is 13.1. The number of nitrogens with zero attached hydrogens (tertiary/aromatic N) is 1. The topological polar surface area (TPSA) is 79.6 Å². The van der Waals surface area contributed by atoms with E-state index in [0.717, 1.165) is 28.2 Å². The minimum absolute atomic E-state index is 0.319. The van der Waals surface area contributed by atoms with Crippen molar-refractivity contribution in [2.45, 2.75) is 26.3 Å². The van der Waals surface area contributed by atoms with Gasteiger partial charge in [-0.05, 0) is 43.7 Å². The molecule has 6 nitrogen and oxygen atoms in total. The molecule has 0 aliphatic heterocycles. The minimum atomic E-state index is -3.68. The highest BCUT2D eigenvalue weighted by atomic mass is 32.2. The molecule has 4 aromatic rings. The number of hydrogen-bond donors (Lipinski definition) is 1. The Bertz CT molecular complexity index is 1360. The standard InChI is InChI=1S/C24H24N2O4S/c1-4-21(26(31(3,28)29)18-12-9-16(2)10-13-18)24(27)25-17-11-14-20-19-7-5-6-8-22(19)30-23(20)15-17/h5-15,21H,4H2,1-3H3,(H,25,27). The zero-order valence-corrected chi connectivity index (χ0v) is 18.4. The molecule has 1 amide bonds. The Morgan fingerprint density at radius 1 is 1.00 bits per heavy atom. The molecule has 0 spiro atoms. The van der Waals surface area contributed by atoms with Crippen LogP contribution in [-0.2, 0) is 14.8 Å². The Hall–Kier alpha value is -3.32. The van der Waals surface area contributed by atoms with Crippen molar-refractivity contribution in [1.29, 1.82) is 0 Å². The lowest BCUT2D eigenvalue weighted by molar-refractivity contribution is -0.117. The van der Waals surface area contributed by atoms with E-state index in [1.54, 1.807) is 31.2 Å². The molecule has 3 aromatic carbocycles. The number of hydrogen-bond acceptors (Lipinski definition) is 4. The molecular formula is C24H24N2O4S. The smallest absolute Gasteiger partial charge is 0.248 e. The van der Waals surface area contributed by atoms with Gasteiger partial charge in [0, 0.05) is 22.5 Å². The van der Waals surface area contributed by atoms with Gasteiger partial charge in [-0.3, -0.25) is 9.10 Å². The monoisotopic (exact) mass is 436 g/mol. The summed E-state index contributed by atoms with van der Waals surface area (Å²) in [6, 6.07) is 19.4. The van der Waals surface area contributed by atoms with Gasteiger partial charge in [-0.25, -0.2) is 8.42 Å². The van der Waals surface area contributed by atoms with Crippen molar-refractivity contribution in [2.75, 3.05) is 15.9 Å². The number of sulfonamides is 1. The summed E-state index contributed by atoms with van der Waals surface area (Å²) in [6.07, 6.45) is 1.43. The fourth-order valence-corrected chi connectivity index (χ4v) is 4.99. The largest absolute Gasteiger partial charge is 0.456 e. The van der Waals surface area contributed by atoms with E-state index in [2.05, 4.69) is 5.32 Å². The molecule has 160 valence electrons. The summed E-state index contributed by atoms with van der Waals surface area (Å²) in [5.41, 5.74) is 3.45. The Balaban J connectivity index is 1.66. The number of fused-ring (bicyclic) bond motifs is 3. The first kappa shape index (κ1) is 20.9. The van der Waals surface area contributed by atoms with Gasteiger partial charge >= 0.3 is 0 Å². The van der Waals surface area contributed by atoms with Crippen LogP contribution in [-0.4, -0.2) is 26.6 Å². The molecule has 0 fully saturated rings. The molecule has 1 unspecified atom stereocenters. The predicted molar refractivity (Wildman–Crippen MR) is 125 cm³/mol. The number of anilines is 2. The van der Waals surface area contributed by atoms with E-state index >= 15 is 0 Å². The van der Waals surface area contributed by atoms with E-state index in [1.807, 2.05) is 49.4 Å². The summed E-state index contributed by atoms with van der Waals surface area (Å²) in [4.78, 5) is 13.1. The van der Waals surface area contributed by atoms with E-state index in [1.165, 1.54) is 4.31 Å². The number of benzene rings is 3. The van der Waals surface area contributed by atoms with Crippen molar-refractivity contribution < 1.29 is 17.6 Å². The summed E-state index contributed by atoms with van der Waals surface area (Å²) in [5.74, 6) is -0.399. The van der Waals surface area contributed by atoms with Gasteiger partial charge in [0.1, 0.15) is 17.2 Å². The van der Waals surface area contributed by atoms with Gasteiger partial charge in [-0.2, -0.15) is 0 Å². The molecule has 0 saturated heterocycles. The van der Waals surface area contributed by atoms with E-state index in [9.17, 15) is 13.2 Å². The number of aryl methyl sites for hydroxylation is 1. The lowest BCUT2D eigenvalue weighted by Gasteiger charge is -2.30. The van der Waals surface area contributed by atoms with Crippen LogP contribution in [0.5, 0.6) is 0 Å². The molecule has 4 rings (SSSR count). The number of carbonyl (C=O) groups is 1. The van der Waals surface area contributed by atoms with Crippen LogP contribution in [0.2, 0.25) is 0 Å². The molecule has 1 aromatic heterocycles. The fourth-order valence-electron chi connectivity index (χ4n) is 3.78. The second kappa shape index (κ2) is 8.07. The molecule has 1 heterocycles. The van der Waals surface area contributed by atoms with Gasteiger partial charge in [0.05, 0.1) is 11.9 Å². The third kappa shape index (κ3) is 4.14. The van der Waals surface area contributed by atoms with Gasteiger partial charge < -0.3 is 9.73 Å². The van der Waals surface area contributed by atoms with Crippen molar-refractivity contribution in [3.63, 3.8) is 0 Å². The number of furan rings is 1. The van der Waals surface area contributed by atoms with Gasteiger partial charge in [0.25, 0.3) is 0 Å². The highest BCUT2D eigenvalue weighted by Crippen LogP contribution is 2.31. The van der Waals surface area contributed by atoms with Gasteiger partial charge in [0.15, 0.2) is 0 Å². The van der Waals surface area contributed by atoms with Crippen LogP contribution in [0, 0.1) is 6.92 Å². The van der Waals surface area contributed by atoms with Crippen LogP contribution < -0.4 is 9.62 Å².